The molecule has 3 aromatic carbocycles. The van der Waals surface area contributed by atoms with Crippen molar-refractivity contribution in [2.45, 2.75) is 20.8 Å². The van der Waals surface area contributed by atoms with Gasteiger partial charge in [-0.15, -0.1) is 0 Å². The van der Waals surface area contributed by atoms with E-state index in [0.29, 0.717) is 17.0 Å². The molecule has 0 aliphatic carbocycles. The van der Waals surface area contributed by atoms with Crippen molar-refractivity contribution in [1.29, 1.82) is 0 Å². The maximum atomic E-state index is 12.2. The molecule has 0 atom stereocenters. The summed E-state index contributed by atoms with van der Waals surface area (Å²) in [4.78, 5) is 36.0. The van der Waals surface area contributed by atoms with Crippen LogP contribution in [0.4, 0.5) is 11.4 Å². The highest BCUT2D eigenvalue weighted by molar-refractivity contribution is 6.39. The van der Waals surface area contributed by atoms with Crippen LogP contribution < -0.4 is 20.8 Å². The first-order valence-electron chi connectivity index (χ1n) is 10.6. The third-order valence-corrected chi connectivity index (χ3v) is 5.02. The van der Waals surface area contributed by atoms with Gasteiger partial charge in [0.1, 0.15) is 5.75 Å². The quantitative estimate of drug-likeness (QED) is 0.285. The van der Waals surface area contributed by atoms with Crippen molar-refractivity contribution >= 4 is 35.3 Å². The van der Waals surface area contributed by atoms with Gasteiger partial charge in [-0.2, -0.15) is 5.10 Å². The Morgan fingerprint density at radius 1 is 0.853 bits per heavy atom. The summed E-state index contributed by atoms with van der Waals surface area (Å²) in [7, 11) is 0. The molecule has 0 bridgehead atoms. The van der Waals surface area contributed by atoms with Gasteiger partial charge in [0.2, 0.25) is 0 Å². The standard InChI is InChI=1S/C26H26N4O4/c1-17-7-11-21(12-8-17)28-25(32)26(33)30-27-15-20-9-13-22(14-10-20)34-16-24(31)29-23-6-4-5-18(2)19(23)3/h4-15H,16H2,1-3H3,(H,28,32)(H,29,31)(H,30,33)/b27-15-. The number of benzene rings is 3. The molecule has 8 heteroatoms. The van der Waals surface area contributed by atoms with E-state index in [9.17, 15) is 14.4 Å². The minimum Gasteiger partial charge on any atom is -0.484 e. The number of amides is 3. The number of ether oxygens (including phenoxy) is 1. The molecular weight excluding hydrogens is 432 g/mol. The van der Waals surface area contributed by atoms with Crippen LogP contribution in [0.25, 0.3) is 0 Å². The lowest BCUT2D eigenvalue weighted by Gasteiger charge is -2.11. The van der Waals surface area contributed by atoms with Gasteiger partial charge in [-0.05, 0) is 79.9 Å². The zero-order valence-corrected chi connectivity index (χ0v) is 19.2. The van der Waals surface area contributed by atoms with Crippen LogP contribution >= 0.6 is 0 Å². The van der Waals surface area contributed by atoms with E-state index in [0.717, 1.165) is 22.4 Å². The van der Waals surface area contributed by atoms with Gasteiger partial charge < -0.3 is 15.4 Å². The Morgan fingerprint density at radius 2 is 1.56 bits per heavy atom. The minimum atomic E-state index is -0.883. The molecule has 174 valence electrons. The largest absolute Gasteiger partial charge is 0.484 e. The summed E-state index contributed by atoms with van der Waals surface area (Å²) in [5.74, 6) is -1.45. The topological polar surface area (TPSA) is 109 Å². The Kier molecular flexibility index (Phi) is 8.12. The van der Waals surface area contributed by atoms with E-state index >= 15 is 0 Å². The molecule has 0 saturated heterocycles. The Labute approximate surface area is 198 Å². The van der Waals surface area contributed by atoms with Crippen molar-refractivity contribution in [3.05, 3.63) is 89.0 Å². The fourth-order valence-electron chi connectivity index (χ4n) is 2.91. The third-order valence-electron chi connectivity index (χ3n) is 5.02. The number of hydrogen-bond acceptors (Lipinski definition) is 5. The second-order valence-electron chi connectivity index (χ2n) is 7.67. The summed E-state index contributed by atoms with van der Waals surface area (Å²) in [6.45, 7) is 5.73. The number of hydrogen-bond donors (Lipinski definition) is 3. The van der Waals surface area contributed by atoms with Gasteiger partial charge in [0, 0.05) is 11.4 Å². The van der Waals surface area contributed by atoms with Crippen LogP contribution in [0.3, 0.4) is 0 Å². The minimum absolute atomic E-state index is 0.132. The van der Waals surface area contributed by atoms with Gasteiger partial charge in [0.15, 0.2) is 6.61 Å². The molecule has 0 spiro atoms. The Bertz CT molecular complexity index is 1200. The maximum absolute atomic E-state index is 12.2. The molecule has 3 amide bonds. The van der Waals surface area contributed by atoms with E-state index in [-0.39, 0.29) is 12.5 Å². The highest BCUT2D eigenvalue weighted by Crippen LogP contribution is 2.18. The number of nitrogens with one attached hydrogen (secondary N) is 3. The van der Waals surface area contributed by atoms with E-state index < -0.39 is 11.8 Å². The van der Waals surface area contributed by atoms with Crippen molar-refractivity contribution in [2.75, 3.05) is 17.2 Å². The molecule has 8 nitrogen and oxygen atoms in total. The average Bonchev–Trinajstić information content (AvgIpc) is 2.83. The molecule has 34 heavy (non-hydrogen) atoms. The molecule has 0 fully saturated rings. The van der Waals surface area contributed by atoms with Crippen LogP contribution in [-0.2, 0) is 14.4 Å². The second kappa shape index (κ2) is 11.4. The van der Waals surface area contributed by atoms with Gasteiger partial charge in [0.25, 0.3) is 5.91 Å². The number of rotatable bonds is 7. The Hall–Kier alpha value is -4.46. The first kappa shape index (κ1) is 24.2. The number of carbonyl (C=O) groups is 3. The maximum Gasteiger partial charge on any atom is 0.329 e. The number of anilines is 2. The fraction of sp³-hybridized carbons (Fsp3) is 0.154. The van der Waals surface area contributed by atoms with E-state index in [1.165, 1.54) is 6.21 Å². The van der Waals surface area contributed by atoms with E-state index in [2.05, 4.69) is 21.2 Å². The molecule has 0 saturated carbocycles. The summed E-state index contributed by atoms with van der Waals surface area (Å²) >= 11 is 0. The van der Waals surface area contributed by atoms with Gasteiger partial charge in [-0.3, -0.25) is 14.4 Å². The smallest absolute Gasteiger partial charge is 0.329 e. The Balaban J connectivity index is 1.44. The van der Waals surface area contributed by atoms with E-state index in [1.54, 1.807) is 36.4 Å². The van der Waals surface area contributed by atoms with Crippen LogP contribution in [0.5, 0.6) is 5.75 Å². The fourth-order valence-corrected chi connectivity index (χ4v) is 2.91. The lowest BCUT2D eigenvalue weighted by molar-refractivity contribution is -0.136. The van der Waals surface area contributed by atoms with E-state index in [1.807, 2.05) is 51.1 Å². The van der Waals surface area contributed by atoms with Crippen LogP contribution in [0, 0.1) is 20.8 Å². The summed E-state index contributed by atoms with van der Waals surface area (Å²) in [6, 6.07) is 19.6. The molecule has 3 aromatic rings. The predicted octanol–water partition coefficient (Wildman–Crippen LogP) is 3.72. The highest BCUT2D eigenvalue weighted by atomic mass is 16.5. The van der Waals surface area contributed by atoms with Crippen LogP contribution in [-0.4, -0.2) is 30.5 Å². The Morgan fingerprint density at radius 3 is 2.26 bits per heavy atom. The van der Waals surface area contributed by atoms with Gasteiger partial charge in [0.05, 0.1) is 6.21 Å². The molecule has 0 aromatic heterocycles. The molecule has 0 aliphatic heterocycles. The number of hydrazone groups is 1. The van der Waals surface area contributed by atoms with Crippen molar-refractivity contribution < 1.29 is 19.1 Å². The lowest BCUT2D eigenvalue weighted by atomic mass is 10.1. The van der Waals surface area contributed by atoms with Gasteiger partial charge in [-0.1, -0.05) is 29.8 Å². The summed E-state index contributed by atoms with van der Waals surface area (Å²) in [6.07, 6.45) is 1.40. The first-order chi connectivity index (χ1) is 16.3. The molecule has 3 rings (SSSR count). The lowest BCUT2D eigenvalue weighted by Crippen LogP contribution is -2.32. The third kappa shape index (κ3) is 7.03. The number of nitrogens with zero attached hydrogens (tertiary/aromatic N) is 1. The van der Waals surface area contributed by atoms with Crippen molar-refractivity contribution in [3.63, 3.8) is 0 Å². The van der Waals surface area contributed by atoms with Crippen LogP contribution in [0.2, 0.25) is 0 Å². The summed E-state index contributed by atoms with van der Waals surface area (Å²) in [5, 5.41) is 9.13. The highest BCUT2D eigenvalue weighted by Gasteiger charge is 2.12. The number of aryl methyl sites for hydroxylation is 2. The second-order valence-corrected chi connectivity index (χ2v) is 7.67. The monoisotopic (exact) mass is 458 g/mol. The molecular formula is C26H26N4O4. The zero-order chi connectivity index (χ0) is 24.5. The van der Waals surface area contributed by atoms with Crippen LogP contribution in [0.15, 0.2) is 71.8 Å². The molecule has 0 heterocycles. The SMILES string of the molecule is Cc1ccc(NC(=O)C(=O)N/N=C\c2ccc(OCC(=O)Nc3cccc(C)c3C)cc2)cc1. The number of carbonyl (C=O) groups excluding carboxylic acids is 3. The van der Waals surface area contributed by atoms with E-state index in [4.69, 9.17) is 4.74 Å². The first-order valence-corrected chi connectivity index (χ1v) is 10.6. The zero-order valence-electron chi connectivity index (χ0n) is 19.2. The normalized spacial score (nSPS) is 10.6. The molecule has 0 radical (unpaired) electrons. The average molecular weight is 459 g/mol. The summed E-state index contributed by atoms with van der Waals surface area (Å²) in [5.41, 5.74) is 7.29. The molecule has 0 aliphatic rings. The summed E-state index contributed by atoms with van der Waals surface area (Å²) < 4.78 is 5.52. The van der Waals surface area contributed by atoms with Crippen LogP contribution in [0.1, 0.15) is 22.3 Å². The molecule has 3 N–H and O–H groups in total. The van der Waals surface area contributed by atoms with Gasteiger partial charge >= 0.3 is 11.8 Å². The molecule has 0 unspecified atom stereocenters. The van der Waals surface area contributed by atoms with Gasteiger partial charge in [-0.25, -0.2) is 5.43 Å². The predicted molar refractivity (Wildman–Crippen MR) is 132 cm³/mol. The van der Waals surface area contributed by atoms with Crippen molar-refractivity contribution in [2.24, 2.45) is 5.10 Å². The van der Waals surface area contributed by atoms with Crippen molar-refractivity contribution in [1.82, 2.24) is 5.43 Å². The van der Waals surface area contributed by atoms with Crippen molar-refractivity contribution in [3.8, 4) is 5.75 Å².